The third-order valence-electron chi connectivity index (χ3n) is 4.49. The van der Waals surface area contributed by atoms with Crippen molar-refractivity contribution >= 4 is 10.0 Å². The van der Waals surface area contributed by atoms with Gasteiger partial charge in [-0.25, -0.2) is 0 Å². The number of hydrogen-bond donors (Lipinski definition) is 0. The SMILES string of the molecule is CCCCCCC#CC#CN(C#CC#CCCCCCC)S(=O)(=O)c1ccc(C)cc1. The molecule has 0 saturated carbocycles. The van der Waals surface area contributed by atoms with Crippen LogP contribution < -0.4 is 0 Å². The van der Waals surface area contributed by atoms with Gasteiger partial charge in [0.15, 0.2) is 0 Å². The average Bonchev–Trinajstić information content (AvgIpc) is 2.76. The molecule has 0 amide bonds. The van der Waals surface area contributed by atoms with E-state index >= 15 is 0 Å². The van der Waals surface area contributed by atoms with E-state index < -0.39 is 10.0 Å². The second-order valence-electron chi connectivity index (χ2n) is 7.28. The van der Waals surface area contributed by atoms with Gasteiger partial charge >= 0.3 is 0 Å². The van der Waals surface area contributed by atoms with Crippen molar-refractivity contribution in [3.05, 3.63) is 29.8 Å². The van der Waals surface area contributed by atoms with Crippen LogP contribution in [0.2, 0.25) is 0 Å². The van der Waals surface area contributed by atoms with Gasteiger partial charge in [0.1, 0.15) is 0 Å². The monoisotopic (exact) mass is 435 g/mol. The van der Waals surface area contributed by atoms with Crippen LogP contribution in [0, 0.1) is 54.5 Å². The summed E-state index contributed by atoms with van der Waals surface area (Å²) in [4.78, 5) is 0.141. The first-order chi connectivity index (χ1) is 15.0. The topological polar surface area (TPSA) is 37.4 Å². The molecule has 0 spiro atoms. The number of hydrogen-bond acceptors (Lipinski definition) is 2. The Hall–Kier alpha value is -2.79. The minimum absolute atomic E-state index is 0.141. The van der Waals surface area contributed by atoms with Crippen molar-refractivity contribution < 1.29 is 8.42 Å². The number of aryl methyl sites for hydroxylation is 1. The van der Waals surface area contributed by atoms with Crippen LogP contribution in [0.25, 0.3) is 0 Å². The van der Waals surface area contributed by atoms with Crippen LogP contribution in [0.15, 0.2) is 29.2 Å². The molecule has 0 saturated heterocycles. The van der Waals surface area contributed by atoms with Crippen LogP contribution >= 0.6 is 0 Å². The second kappa shape index (κ2) is 16.0. The molecule has 0 aliphatic heterocycles. The highest BCUT2D eigenvalue weighted by Crippen LogP contribution is 2.15. The summed E-state index contributed by atoms with van der Waals surface area (Å²) in [5.41, 5.74) is 0.977. The lowest BCUT2D eigenvalue weighted by Gasteiger charge is -2.10. The highest BCUT2D eigenvalue weighted by atomic mass is 32.2. The summed E-state index contributed by atoms with van der Waals surface area (Å²) in [5.74, 6) is 16.7. The molecule has 0 aliphatic carbocycles. The molecular formula is C27H33NO2S. The average molecular weight is 436 g/mol. The summed E-state index contributed by atoms with van der Waals surface area (Å²) in [6, 6.07) is 11.8. The van der Waals surface area contributed by atoms with Crippen molar-refractivity contribution in [2.45, 2.75) is 89.9 Å². The molecule has 0 aliphatic rings. The maximum absolute atomic E-state index is 12.9. The molecule has 0 aromatic heterocycles. The summed E-state index contributed by atoms with van der Waals surface area (Å²) >= 11 is 0. The summed E-state index contributed by atoms with van der Waals surface area (Å²) < 4.78 is 26.7. The molecule has 164 valence electrons. The van der Waals surface area contributed by atoms with Gasteiger partial charge < -0.3 is 0 Å². The van der Waals surface area contributed by atoms with Crippen LogP contribution in [-0.2, 0) is 10.0 Å². The first-order valence-corrected chi connectivity index (χ1v) is 12.5. The van der Waals surface area contributed by atoms with E-state index in [2.05, 4.69) is 61.5 Å². The Morgan fingerprint density at radius 1 is 0.710 bits per heavy atom. The Balaban J connectivity index is 2.93. The van der Waals surface area contributed by atoms with Crippen LogP contribution in [0.5, 0.6) is 0 Å². The molecule has 1 rings (SSSR count). The van der Waals surface area contributed by atoms with E-state index in [1.807, 2.05) is 6.92 Å². The molecule has 0 bridgehead atoms. The summed E-state index contributed by atoms with van der Waals surface area (Å²) in [6.45, 7) is 6.23. The first-order valence-electron chi connectivity index (χ1n) is 11.1. The van der Waals surface area contributed by atoms with E-state index in [0.717, 1.165) is 48.4 Å². The third kappa shape index (κ3) is 11.2. The Morgan fingerprint density at radius 3 is 1.65 bits per heavy atom. The van der Waals surface area contributed by atoms with Gasteiger partial charge in [-0.05, 0) is 43.7 Å². The van der Waals surface area contributed by atoms with E-state index in [9.17, 15) is 8.42 Å². The van der Waals surface area contributed by atoms with Gasteiger partial charge in [0.05, 0.1) is 17.0 Å². The third-order valence-corrected chi connectivity index (χ3v) is 6.02. The van der Waals surface area contributed by atoms with Crippen molar-refractivity contribution in [1.82, 2.24) is 4.31 Å². The predicted octanol–water partition coefficient (Wildman–Crippen LogP) is 5.86. The fourth-order valence-electron chi connectivity index (χ4n) is 2.61. The van der Waals surface area contributed by atoms with E-state index in [1.54, 1.807) is 24.3 Å². The fourth-order valence-corrected chi connectivity index (χ4v) is 3.64. The Bertz CT molecular complexity index is 960. The number of nitrogens with zero attached hydrogens (tertiary/aromatic N) is 1. The van der Waals surface area contributed by atoms with Crippen LogP contribution in [0.3, 0.4) is 0 Å². The molecule has 0 unspecified atom stereocenters. The summed E-state index contributed by atoms with van der Waals surface area (Å²) in [6.07, 6.45) is 10.6. The smallest absolute Gasteiger partial charge is 0.199 e. The van der Waals surface area contributed by atoms with Crippen LogP contribution in [0.1, 0.15) is 83.6 Å². The fraction of sp³-hybridized carbons (Fsp3) is 0.481. The minimum Gasteiger partial charge on any atom is -0.199 e. The second-order valence-corrected chi connectivity index (χ2v) is 9.07. The lowest BCUT2D eigenvalue weighted by atomic mass is 10.2. The molecule has 31 heavy (non-hydrogen) atoms. The molecule has 0 radical (unpaired) electrons. The molecule has 4 heteroatoms. The zero-order chi connectivity index (χ0) is 22.8. The number of unbranched alkanes of at least 4 members (excludes halogenated alkanes) is 8. The number of sulfonamides is 1. The van der Waals surface area contributed by atoms with Crippen LogP contribution in [-0.4, -0.2) is 12.7 Å². The number of rotatable bonds is 10. The van der Waals surface area contributed by atoms with Gasteiger partial charge in [-0.2, -0.15) is 8.42 Å². The molecule has 3 nitrogen and oxygen atoms in total. The Kier molecular flexibility index (Phi) is 13.5. The highest BCUT2D eigenvalue weighted by Gasteiger charge is 2.20. The van der Waals surface area contributed by atoms with E-state index in [-0.39, 0.29) is 4.90 Å². The molecule has 1 aromatic rings. The lowest BCUT2D eigenvalue weighted by Crippen LogP contribution is -2.21. The molecule has 0 atom stereocenters. The molecule has 1 aromatic carbocycles. The Morgan fingerprint density at radius 2 is 1.19 bits per heavy atom. The largest absolute Gasteiger partial charge is 0.282 e. The van der Waals surface area contributed by atoms with Crippen molar-refractivity contribution in [3.63, 3.8) is 0 Å². The van der Waals surface area contributed by atoms with Gasteiger partial charge in [0.2, 0.25) is 0 Å². The van der Waals surface area contributed by atoms with E-state index in [4.69, 9.17) is 0 Å². The normalized spacial score (nSPS) is 9.65. The summed E-state index contributed by atoms with van der Waals surface area (Å²) in [5, 5.41) is 0. The highest BCUT2D eigenvalue weighted by molar-refractivity contribution is 7.89. The first kappa shape index (κ1) is 26.2. The quantitative estimate of drug-likeness (QED) is 0.262. The molecule has 0 fully saturated rings. The zero-order valence-corrected chi connectivity index (χ0v) is 19.9. The van der Waals surface area contributed by atoms with Crippen molar-refractivity contribution in [2.75, 3.05) is 0 Å². The summed E-state index contributed by atoms with van der Waals surface area (Å²) in [7, 11) is -3.88. The van der Waals surface area contributed by atoms with Gasteiger partial charge in [0.25, 0.3) is 10.0 Å². The predicted molar refractivity (Wildman–Crippen MR) is 129 cm³/mol. The molecular weight excluding hydrogens is 402 g/mol. The minimum atomic E-state index is -3.88. The van der Waals surface area contributed by atoms with Crippen molar-refractivity contribution in [2.24, 2.45) is 0 Å². The van der Waals surface area contributed by atoms with E-state index in [1.165, 1.54) is 25.7 Å². The number of benzene rings is 1. The molecule has 0 heterocycles. The van der Waals surface area contributed by atoms with Gasteiger partial charge in [-0.15, -0.1) is 4.31 Å². The maximum Gasteiger partial charge on any atom is 0.282 e. The van der Waals surface area contributed by atoms with Crippen molar-refractivity contribution in [1.29, 1.82) is 0 Å². The van der Waals surface area contributed by atoms with E-state index in [0.29, 0.717) is 0 Å². The maximum atomic E-state index is 12.9. The lowest BCUT2D eigenvalue weighted by molar-refractivity contribution is 0.563. The van der Waals surface area contributed by atoms with Gasteiger partial charge in [-0.3, -0.25) is 0 Å². The zero-order valence-electron chi connectivity index (χ0n) is 19.1. The van der Waals surface area contributed by atoms with Gasteiger partial charge in [-0.1, -0.05) is 81.9 Å². The Labute approximate surface area is 190 Å². The van der Waals surface area contributed by atoms with Crippen LogP contribution in [0.4, 0.5) is 0 Å². The molecule has 0 N–H and O–H groups in total. The van der Waals surface area contributed by atoms with Crippen molar-refractivity contribution in [3.8, 4) is 47.6 Å². The van der Waals surface area contributed by atoms with Gasteiger partial charge in [0, 0.05) is 24.7 Å². The standard InChI is InChI=1S/C27H33NO2S/c1-4-6-8-10-12-14-16-18-24-28(25-19-17-15-13-11-9-7-5-2)31(29,30)27-22-20-26(3)21-23-27/h20-23H,4-13H2,1-3H3.